The summed E-state index contributed by atoms with van der Waals surface area (Å²) in [5.41, 5.74) is 1.68. The molecule has 0 saturated carbocycles. The number of nitrogens with one attached hydrogen (secondary N) is 1. The van der Waals surface area contributed by atoms with Crippen LogP contribution >= 0.6 is 0 Å². The molecule has 0 unspecified atom stereocenters. The van der Waals surface area contributed by atoms with Gasteiger partial charge in [-0.05, 0) is 29.8 Å². The van der Waals surface area contributed by atoms with Gasteiger partial charge in [-0.3, -0.25) is 4.79 Å². The number of halogens is 2. The molecule has 0 spiro atoms. The zero-order chi connectivity index (χ0) is 18.5. The van der Waals surface area contributed by atoms with Crippen LogP contribution in [0.2, 0.25) is 0 Å². The van der Waals surface area contributed by atoms with Crippen LogP contribution in [0.3, 0.4) is 0 Å². The molecule has 1 N–H and O–H groups in total. The molecule has 0 bridgehead atoms. The highest BCUT2D eigenvalue weighted by molar-refractivity contribution is 6.04. The molecule has 0 aliphatic heterocycles. The number of carbonyl (C=O) groups excluding carboxylic acids is 1. The van der Waals surface area contributed by atoms with Crippen molar-refractivity contribution in [3.05, 3.63) is 89.6 Å². The van der Waals surface area contributed by atoms with Gasteiger partial charge in [-0.2, -0.15) is 0 Å². The third-order valence-electron chi connectivity index (χ3n) is 3.84. The second kappa shape index (κ2) is 7.74. The van der Waals surface area contributed by atoms with Gasteiger partial charge in [-0.1, -0.05) is 30.3 Å². The van der Waals surface area contributed by atoms with Crippen molar-refractivity contribution in [3.63, 3.8) is 0 Å². The standard InChI is InChI=1S/C20H17F2N3O/c1-25(13-14-5-3-2-4-6-14)19-11-15(9-10-23-19)20(26)24-16-7-8-17(21)18(22)12-16/h2-12H,13H2,1H3,(H,24,26). The second-order valence-electron chi connectivity index (χ2n) is 5.83. The number of nitrogens with zero attached hydrogens (tertiary/aromatic N) is 2. The molecule has 4 nitrogen and oxygen atoms in total. The molecular formula is C20H17F2N3O. The van der Waals surface area contributed by atoms with E-state index in [1.165, 1.54) is 12.3 Å². The number of hydrogen-bond donors (Lipinski definition) is 1. The summed E-state index contributed by atoms with van der Waals surface area (Å²) in [5.74, 6) is -1.77. The van der Waals surface area contributed by atoms with Crippen molar-refractivity contribution in [2.24, 2.45) is 0 Å². The molecule has 0 saturated heterocycles. The molecule has 132 valence electrons. The number of carbonyl (C=O) groups is 1. The number of anilines is 2. The van der Waals surface area contributed by atoms with Crippen LogP contribution in [0.4, 0.5) is 20.3 Å². The Hall–Kier alpha value is -3.28. The van der Waals surface area contributed by atoms with Crippen LogP contribution in [0, 0.1) is 11.6 Å². The van der Waals surface area contributed by atoms with Crippen LogP contribution in [0.1, 0.15) is 15.9 Å². The van der Waals surface area contributed by atoms with Crippen LogP contribution in [0.25, 0.3) is 0 Å². The van der Waals surface area contributed by atoms with Gasteiger partial charge in [0.1, 0.15) is 5.82 Å². The molecule has 0 aliphatic rings. The summed E-state index contributed by atoms with van der Waals surface area (Å²) in [6.45, 7) is 0.641. The topological polar surface area (TPSA) is 45.2 Å². The Labute approximate surface area is 150 Å². The van der Waals surface area contributed by atoms with E-state index in [-0.39, 0.29) is 5.69 Å². The summed E-state index contributed by atoms with van der Waals surface area (Å²) >= 11 is 0. The van der Waals surface area contributed by atoms with Gasteiger partial charge in [0.25, 0.3) is 5.91 Å². The summed E-state index contributed by atoms with van der Waals surface area (Å²) < 4.78 is 26.2. The van der Waals surface area contributed by atoms with Gasteiger partial charge >= 0.3 is 0 Å². The van der Waals surface area contributed by atoms with E-state index < -0.39 is 17.5 Å². The van der Waals surface area contributed by atoms with Crippen LogP contribution < -0.4 is 10.2 Å². The van der Waals surface area contributed by atoms with Crippen LogP contribution in [-0.2, 0) is 6.54 Å². The van der Waals surface area contributed by atoms with E-state index in [1.54, 1.807) is 12.1 Å². The smallest absolute Gasteiger partial charge is 0.255 e. The van der Waals surface area contributed by atoms with Gasteiger partial charge < -0.3 is 10.2 Å². The monoisotopic (exact) mass is 353 g/mol. The van der Waals surface area contributed by atoms with Crippen molar-refractivity contribution >= 4 is 17.4 Å². The lowest BCUT2D eigenvalue weighted by Crippen LogP contribution is -2.19. The molecule has 1 heterocycles. The van der Waals surface area contributed by atoms with E-state index in [9.17, 15) is 13.6 Å². The Morgan fingerprint density at radius 1 is 1.04 bits per heavy atom. The Kier molecular flexibility index (Phi) is 5.22. The van der Waals surface area contributed by atoms with Gasteiger partial charge in [0, 0.05) is 37.1 Å². The van der Waals surface area contributed by atoms with E-state index >= 15 is 0 Å². The molecule has 0 atom stereocenters. The van der Waals surface area contributed by atoms with Gasteiger partial charge in [0.15, 0.2) is 11.6 Å². The SMILES string of the molecule is CN(Cc1ccccc1)c1cc(C(=O)Nc2ccc(F)c(F)c2)ccn1. The first-order valence-corrected chi connectivity index (χ1v) is 8.00. The average Bonchev–Trinajstić information content (AvgIpc) is 2.65. The zero-order valence-corrected chi connectivity index (χ0v) is 14.1. The molecule has 2 aromatic carbocycles. The van der Waals surface area contributed by atoms with E-state index in [0.717, 1.165) is 17.7 Å². The van der Waals surface area contributed by atoms with Crippen molar-refractivity contribution in [2.75, 3.05) is 17.3 Å². The second-order valence-corrected chi connectivity index (χ2v) is 5.83. The van der Waals surface area contributed by atoms with E-state index in [2.05, 4.69) is 10.3 Å². The lowest BCUT2D eigenvalue weighted by molar-refractivity contribution is 0.102. The van der Waals surface area contributed by atoms with Crippen molar-refractivity contribution in [3.8, 4) is 0 Å². The maximum Gasteiger partial charge on any atom is 0.255 e. The van der Waals surface area contributed by atoms with E-state index in [4.69, 9.17) is 0 Å². The van der Waals surface area contributed by atoms with Gasteiger partial charge in [-0.25, -0.2) is 13.8 Å². The zero-order valence-electron chi connectivity index (χ0n) is 14.1. The highest BCUT2D eigenvalue weighted by Crippen LogP contribution is 2.17. The van der Waals surface area contributed by atoms with Crippen LogP contribution in [0.5, 0.6) is 0 Å². The van der Waals surface area contributed by atoms with Crippen molar-refractivity contribution in [1.29, 1.82) is 0 Å². The molecule has 1 aromatic heterocycles. The Bertz CT molecular complexity index is 916. The minimum Gasteiger partial charge on any atom is -0.355 e. The highest BCUT2D eigenvalue weighted by atomic mass is 19.2. The van der Waals surface area contributed by atoms with Crippen molar-refractivity contribution in [1.82, 2.24) is 4.98 Å². The largest absolute Gasteiger partial charge is 0.355 e. The maximum atomic E-state index is 13.3. The fraction of sp³-hybridized carbons (Fsp3) is 0.100. The fourth-order valence-corrected chi connectivity index (χ4v) is 2.48. The van der Waals surface area contributed by atoms with Crippen LogP contribution in [-0.4, -0.2) is 17.9 Å². The molecule has 0 aliphatic carbocycles. The first-order valence-electron chi connectivity index (χ1n) is 8.00. The summed E-state index contributed by atoms with van der Waals surface area (Å²) in [6, 6.07) is 16.3. The summed E-state index contributed by atoms with van der Waals surface area (Å²) in [6.07, 6.45) is 1.54. The molecule has 0 radical (unpaired) electrons. The third kappa shape index (κ3) is 4.22. The van der Waals surface area contributed by atoms with Crippen molar-refractivity contribution < 1.29 is 13.6 Å². The molecule has 3 rings (SSSR count). The van der Waals surface area contributed by atoms with Crippen molar-refractivity contribution in [2.45, 2.75) is 6.54 Å². The normalized spacial score (nSPS) is 10.4. The minimum atomic E-state index is -1.01. The Morgan fingerprint density at radius 2 is 1.81 bits per heavy atom. The highest BCUT2D eigenvalue weighted by Gasteiger charge is 2.11. The number of aromatic nitrogens is 1. The predicted octanol–water partition coefficient (Wildman–Crippen LogP) is 4.25. The number of pyridine rings is 1. The average molecular weight is 353 g/mol. The summed E-state index contributed by atoms with van der Waals surface area (Å²) in [7, 11) is 1.88. The lowest BCUT2D eigenvalue weighted by Gasteiger charge is -2.18. The number of rotatable bonds is 5. The molecular weight excluding hydrogens is 336 g/mol. The maximum absolute atomic E-state index is 13.3. The summed E-state index contributed by atoms with van der Waals surface area (Å²) in [4.78, 5) is 18.6. The summed E-state index contributed by atoms with van der Waals surface area (Å²) in [5, 5.41) is 2.55. The number of hydrogen-bond acceptors (Lipinski definition) is 3. The molecule has 6 heteroatoms. The Balaban J connectivity index is 1.73. The lowest BCUT2D eigenvalue weighted by atomic mass is 10.2. The minimum absolute atomic E-state index is 0.185. The first-order chi connectivity index (χ1) is 12.5. The van der Waals surface area contributed by atoms with E-state index in [1.807, 2.05) is 42.3 Å². The van der Waals surface area contributed by atoms with Gasteiger partial charge in [-0.15, -0.1) is 0 Å². The Morgan fingerprint density at radius 3 is 2.54 bits per heavy atom. The van der Waals surface area contributed by atoms with Gasteiger partial charge in [0.05, 0.1) is 0 Å². The quantitative estimate of drug-likeness (QED) is 0.746. The molecule has 26 heavy (non-hydrogen) atoms. The number of amides is 1. The predicted molar refractivity (Wildman–Crippen MR) is 97.1 cm³/mol. The molecule has 0 fully saturated rings. The van der Waals surface area contributed by atoms with E-state index in [0.29, 0.717) is 17.9 Å². The van der Waals surface area contributed by atoms with Crippen LogP contribution in [0.15, 0.2) is 66.9 Å². The number of benzene rings is 2. The van der Waals surface area contributed by atoms with Gasteiger partial charge in [0.2, 0.25) is 0 Å². The molecule has 3 aromatic rings. The third-order valence-corrected chi connectivity index (χ3v) is 3.84. The fourth-order valence-electron chi connectivity index (χ4n) is 2.48. The molecule has 1 amide bonds. The first kappa shape index (κ1) is 17.5.